The molecule has 23 heavy (non-hydrogen) atoms. The fraction of sp³-hybridized carbons (Fsp3) is 0.294. The van der Waals surface area contributed by atoms with E-state index in [1.165, 1.54) is 0 Å². The van der Waals surface area contributed by atoms with Gasteiger partial charge in [-0.05, 0) is 34.9 Å². The van der Waals surface area contributed by atoms with Crippen LogP contribution < -0.4 is 15.8 Å². The number of nitrogens with two attached hydrogens (primary N) is 1. The van der Waals surface area contributed by atoms with Crippen LogP contribution in [0.4, 0.5) is 4.79 Å². The average Bonchev–Trinajstić information content (AvgIpc) is 2.93. The molecule has 0 spiro atoms. The molecule has 0 radical (unpaired) electrons. The second-order valence-electron chi connectivity index (χ2n) is 5.65. The standard InChI is InChI=1S/C17H19N3O3/c1-23-14-5-4-12-3-2-11(8-13(12)9-14)6-7-20-10-15(16(18)21)19-17(20)22/h2-5,8-9,15H,6-7,10H2,1H3,(H2,18,21)(H,19,22). The summed E-state index contributed by atoms with van der Waals surface area (Å²) in [7, 11) is 1.64. The molecular formula is C17H19N3O3. The minimum absolute atomic E-state index is 0.240. The smallest absolute Gasteiger partial charge is 0.318 e. The number of carbonyl (C=O) groups excluding carboxylic acids is 2. The Morgan fingerprint density at radius 3 is 2.78 bits per heavy atom. The van der Waals surface area contributed by atoms with Crippen LogP contribution in [0.5, 0.6) is 5.75 Å². The van der Waals surface area contributed by atoms with E-state index < -0.39 is 11.9 Å². The number of nitrogens with zero attached hydrogens (tertiary/aromatic N) is 1. The van der Waals surface area contributed by atoms with Gasteiger partial charge in [-0.2, -0.15) is 0 Å². The molecule has 3 N–H and O–H groups in total. The molecule has 1 aliphatic heterocycles. The van der Waals surface area contributed by atoms with E-state index in [0.29, 0.717) is 19.5 Å². The summed E-state index contributed by atoms with van der Waals surface area (Å²) in [4.78, 5) is 24.6. The molecule has 0 aromatic heterocycles. The lowest BCUT2D eigenvalue weighted by Gasteiger charge is -2.14. The lowest BCUT2D eigenvalue weighted by atomic mass is 10.0. The topological polar surface area (TPSA) is 84.7 Å². The van der Waals surface area contributed by atoms with E-state index in [0.717, 1.165) is 22.1 Å². The van der Waals surface area contributed by atoms with Crippen molar-refractivity contribution in [1.29, 1.82) is 0 Å². The highest BCUT2D eigenvalue weighted by Crippen LogP contribution is 2.22. The Morgan fingerprint density at radius 2 is 2.09 bits per heavy atom. The van der Waals surface area contributed by atoms with E-state index in [9.17, 15) is 9.59 Å². The summed E-state index contributed by atoms with van der Waals surface area (Å²) in [5.74, 6) is 0.316. The molecule has 1 heterocycles. The van der Waals surface area contributed by atoms with Gasteiger partial charge < -0.3 is 20.7 Å². The van der Waals surface area contributed by atoms with Gasteiger partial charge in [0.25, 0.3) is 0 Å². The molecule has 1 saturated heterocycles. The zero-order valence-electron chi connectivity index (χ0n) is 12.9. The van der Waals surface area contributed by atoms with Crippen molar-refractivity contribution >= 4 is 22.7 Å². The van der Waals surface area contributed by atoms with Crippen LogP contribution in [0.15, 0.2) is 36.4 Å². The van der Waals surface area contributed by atoms with E-state index in [1.54, 1.807) is 12.0 Å². The third-order valence-electron chi connectivity index (χ3n) is 4.11. The number of amides is 3. The van der Waals surface area contributed by atoms with Gasteiger partial charge >= 0.3 is 6.03 Å². The van der Waals surface area contributed by atoms with E-state index in [4.69, 9.17) is 10.5 Å². The quantitative estimate of drug-likeness (QED) is 0.872. The number of primary amides is 1. The van der Waals surface area contributed by atoms with Crippen molar-refractivity contribution < 1.29 is 14.3 Å². The van der Waals surface area contributed by atoms with Gasteiger partial charge in [0.2, 0.25) is 5.91 Å². The molecule has 2 aromatic rings. The maximum atomic E-state index is 11.8. The number of nitrogens with one attached hydrogen (secondary N) is 1. The fourth-order valence-electron chi connectivity index (χ4n) is 2.76. The first-order valence-electron chi connectivity index (χ1n) is 7.48. The Kier molecular flexibility index (Phi) is 4.06. The summed E-state index contributed by atoms with van der Waals surface area (Å²) >= 11 is 0. The Balaban J connectivity index is 1.69. The summed E-state index contributed by atoms with van der Waals surface area (Å²) in [5, 5.41) is 4.82. The first-order chi connectivity index (χ1) is 11.1. The number of urea groups is 1. The number of hydrogen-bond donors (Lipinski definition) is 2. The molecule has 1 unspecified atom stereocenters. The molecule has 0 aliphatic carbocycles. The number of hydrogen-bond acceptors (Lipinski definition) is 3. The fourth-order valence-corrected chi connectivity index (χ4v) is 2.76. The van der Waals surface area contributed by atoms with Crippen LogP contribution in [-0.2, 0) is 11.2 Å². The van der Waals surface area contributed by atoms with Crippen molar-refractivity contribution in [3.63, 3.8) is 0 Å². The zero-order valence-corrected chi connectivity index (χ0v) is 12.9. The van der Waals surface area contributed by atoms with Gasteiger partial charge in [0.1, 0.15) is 11.8 Å². The van der Waals surface area contributed by atoms with Crippen LogP contribution >= 0.6 is 0 Å². The number of benzene rings is 2. The molecule has 1 aliphatic rings. The molecule has 6 nitrogen and oxygen atoms in total. The highest BCUT2D eigenvalue weighted by Gasteiger charge is 2.31. The first kappa shape index (κ1) is 15.1. The lowest BCUT2D eigenvalue weighted by Crippen LogP contribution is -2.39. The number of ether oxygens (including phenoxy) is 1. The summed E-state index contributed by atoms with van der Waals surface area (Å²) in [5.41, 5.74) is 6.35. The molecule has 3 rings (SSSR count). The van der Waals surface area contributed by atoms with Crippen LogP contribution in [0.2, 0.25) is 0 Å². The van der Waals surface area contributed by atoms with Crippen molar-refractivity contribution in [2.45, 2.75) is 12.5 Å². The average molecular weight is 313 g/mol. The van der Waals surface area contributed by atoms with Crippen LogP contribution in [0.3, 0.4) is 0 Å². The number of carbonyl (C=O) groups is 2. The van der Waals surface area contributed by atoms with Crippen LogP contribution in [0.1, 0.15) is 5.56 Å². The molecule has 6 heteroatoms. The Labute approximate surface area is 134 Å². The largest absolute Gasteiger partial charge is 0.497 e. The highest BCUT2D eigenvalue weighted by atomic mass is 16.5. The van der Waals surface area contributed by atoms with E-state index in [1.807, 2.05) is 24.3 Å². The molecule has 3 amide bonds. The molecule has 120 valence electrons. The van der Waals surface area contributed by atoms with Gasteiger partial charge in [-0.25, -0.2) is 4.79 Å². The van der Waals surface area contributed by atoms with E-state index in [-0.39, 0.29) is 6.03 Å². The Morgan fingerprint density at radius 1 is 1.30 bits per heavy atom. The highest BCUT2D eigenvalue weighted by molar-refractivity contribution is 5.89. The number of rotatable bonds is 5. The van der Waals surface area contributed by atoms with Gasteiger partial charge in [0.05, 0.1) is 13.7 Å². The minimum atomic E-state index is -0.594. The van der Waals surface area contributed by atoms with E-state index in [2.05, 4.69) is 17.4 Å². The maximum absolute atomic E-state index is 11.8. The van der Waals surface area contributed by atoms with Gasteiger partial charge in [0.15, 0.2) is 0 Å². The molecule has 0 bridgehead atoms. The third-order valence-corrected chi connectivity index (χ3v) is 4.11. The second kappa shape index (κ2) is 6.16. The van der Waals surface area contributed by atoms with Crippen LogP contribution in [0.25, 0.3) is 10.8 Å². The van der Waals surface area contributed by atoms with Gasteiger partial charge in [-0.15, -0.1) is 0 Å². The minimum Gasteiger partial charge on any atom is -0.497 e. The van der Waals surface area contributed by atoms with Gasteiger partial charge in [-0.3, -0.25) is 4.79 Å². The van der Waals surface area contributed by atoms with Crippen molar-refractivity contribution in [1.82, 2.24) is 10.2 Å². The first-order valence-corrected chi connectivity index (χ1v) is 7.48. The summed E-state index contributed by atoms with van der Waals surface area (Å²) in [6.07, 6.45) is 0.714. The van der Waals surface area contributed by atoms with Crippen LogP contribution in [0, 0.1) is 0 Å². The van der Waals surface area contributed by atoms with Crippen LogP contribution in [-0.4, -0.2) is 43.1 Å². The molecular weight excluding hydrogens is 294 g/mol. The van der Waals surface area contributed by atoms with Gasteiger partial charge in [-0.1, -0.05) is 24.3 Å². The van der Waals surface area contributed by atoms with Crippen molar-refractivity contribution in [3.05, 3.63) is 42.0 Å². The van der Waals surface area contributed by atoms with E-state index >= 15 is 0 Å². The molecule has 0 saturated carbocycles. The third kappa shape index (κ3) is 3.21. The zero-order chi connectivity index (χ0) is 16.4. The summed E-state index contributed by atoms with van der Waals surface area (Å²) in [6.45, 7) is 0.876. The van der Waals surface area contributed by atoms with Crippen molar-refractivity contribution in [2.75, 3.05) is 20.2 Å². The predicted octanol–water partition coefficient (Wildman–Crippen LogP) is 1.27. The Hall–Kier alpha value is -2.76. The summed E-state index contributed by atoms with van der Waals surface area (Å²) in [6, 6.07) is 11.3. The second-order valence-corrected chi connectivity index (χ2v) is 5.65. The SMILES string of the molecule is COc1ccc2ccc(CCN3CC(C(N)=O)NC3=O)cc2c1. The number of fused-ring (bicyclic) bond motifs is 1. The monoisotopic (exact) mass is 313 g/mol. The normalized spacial score (nSPS) is 17.3. The van der Waals surface area contributed by atoms with Crippen molar-refractivity contribution in [2.24, 2.45) is 5.73 Å². The predicted molar refractivity (Wildman–Crippen MR) is 87.3 cm³/mol. The molecule has 2 aromatic carbocycles. The van der Waals surface area contributed by atoms with Gasteiger partial charge in [0, 0.05) is 6.54 Å². The Bertz CT molecular complexity index is 760. The summed E-state index contributed by atoms with van der Waals surface area (Å²) < 4.78 is 5.25. The molecule has 1 fully saturated rings. The maximum Gasteiger partial charge on any atom is 0.318 e. The lowest BCUT2D eigenvalue weighted by molar-refractivity contribution is -0.119. The van der Waals surface area contributed by atoms with Crippen molar-refractivity contribution in [3.8, 4) is 5.75 Å². The molecule has 1 atom stereocenters. The number of methoxy groups -OCH3 is 1.